The number of nitrogens with one attached hydrogen (secondary N) is 1. The lowest BCUT2D eigenvalue weighted by molar-refractivity contribution is -0.171. The number of halogens is 2. The van der Waals surface area contributed by atoms with E-state index in [0.717, 1.165) is 30.2 Å². The first-order valence-electron chi connectivity index (χ1n) is 8.77. The molecule has 4 saturated carbocycles. The number of ether oxygens (including phenoxy) is 1. The number of alkyl halides is 1. The van der Waals surface area contributed by atoms with Gasteiger partial charge in [0.05, 0.1) is 5.41 Å². The quantitative estimate of drug-likeness (QED) is 0.569. The summed E-state index contributed by atoms with van der Waals surface area (Å²) in [4.78, 5) is 24.6. The minimum absolute atomic E-state index is 0.233. The predicted octanol–water partition coefficient (Wildman–Crippen LogP) is 4.51. The standard InChI is InChI=1S/C19H21BrClNO3/c20-14-1-3-15(4-2-14)22-16(23)10-25-17(24)18-6-12-5-13(7-18)9-19(21,8-12)11-18/h1-4,12-13H,5-11H2,(H,22,23)/t12-,13+,18?,19?. The zero-order chi connectivity index (χ0) is 17.7. The van der Waals surface area contributed by atoms with E-state index >= 15 is 0 Å². The zero-order valence-corrected chi connectivity index (χ0v) is 16.2. The molecule has 1 aromatic rings. The molecule has 4 bridgehead atoms. The zero-order valence-electron chi connectivity index (χ0n) is 13.9. The molecule has 25 heavy (non-hydrogen) atoms. The van der Waals surface area contributed by atoms with Crippen molar-refractivity contribution < 1.29 is 14.3 Å². The summed E-state index contributed by atoms with van der Waals surface area (Å²) >= 11 is 10.1. The molecule has 1 N–H and O–H groups in total. The molecule has 0 aromatic heterocycles. The van der Waals surface area contributed by atoms with Gasteiger partial charge in [0.2, 0.25) is 0 Å². The predicted molar refractivity (Wildman–Crippen MR) is 99.4 cm³/mol. The highest BCUT2D eigenvalue weighted by atomic mass is 79.9. The van der Waals surface area contributed by atoms with E-state index in [-0.39, 0.29) is 23.4 Å². The van der Waals surface area contributed by atoms with E-state index in [0.29, 0.717) is 23.9 Å². The third-order valence-electron chi connectivity index (χ3n) is 5.89. The van der Waals surface area contributed by atoms with Gasteiger partial charge in [-0.1, -0.05) is 15.9 Å². The topological polar surface area (TPSA) is 55.4 Å². The van der Waals surface area contributed by atoms with E-state index in [2.05, 4.69) is 21.2 Å². The van der Waals surface area contributed by atoms with Gasteiger partial charge in [0.15, 0.2) is 6.61 Å². The second-order valence-corrected chi connectivity index (χ2v) is 9.74. The summed E-state index contributed by atoms with van der Waals surface area (Å²) in [6.07, 6.45) is 5.65. The van der Waals surface area contributed by atoms with Crippen LogP contribution in [0.2, 0.25) is 0 Å². The van der Waals surface area contributed by atoms with Crippen molar-refractivity contribution in [3.05, 3.63) is 28.7 Å². The number of amides is 1. The van der Waals surface area contributed by atoms with Crippen LogP contribution in [0.5, 0.6) is 0 Å². The molecule has 5 rings (SSSR count). The molecule has 4 aliphatic rings. The van der Waals surface area contributed by atoms with Crippen molar-refractivity contribution >= 4 is 45.1 Å². The van der Waals surface area contributed by atoms with Crippen molar-refractivity contribution in [3.8, 4) is 0 Å². The largest absolute Gasteiger partial charge is 0.455 e. The summed E-state index contributed by atoms with van der Waals surface area (Å²) < 4.78 is 6.35. The second kappa shape index (κ2) is 6.27. The van der Waals surface area contributed by atoms with Crippen LogP contribution in [0.3, 0.4) is 0 Å². The molecule has 1 aromatic carbocycles. The van der Waals surface area contributed by atoms with Crippen molar-refractivity contribution in [2.75, 3.05) is 11.9 Å². The molecule has 2 unspecified atom stereocenters. The fraction of sp³-hybridized carbons (Fsp3) is 0.579. The Morgan fingerprint density at radius 3 is 2.40 bits per heavy atom. The van der Waals surface area contributed by atoms with Crippen LogP contribution in [0.1, 0.15) is 38.5 Å². The Morgan fingerprint density at radius 1 is 1.16 bits per heavy atom. The van der Waals surface area contributed by atoms with E-state index in [1.807, 2.05) is 12.1 Å². The maximum Gasteiger partial charge on any atom is 0.312 e. The van der Waals surface area contributed by atoms with Gasteiger partial charge in [-0.05, 0) is 74.6 Å². The molecule has 0 spiro atoms. The number of carbonyl (C=O) groups excluding carboxylic acids is 2. The van der Waals surface area contributed by atoms with Gasteiger partial charge in [0.1, 0.15) is 0 Å². The van der Waals surface area contributed by atoms with Gasteiger partial charge < -0.3 is 10.1 Å². The molecule has 4 aliphatic carbocycles. The van der Waals surface area contributed by atoms with Crippen LogP contribution >= 0.6 is 27.5 Å². The monoisotopic (exact) mass is 425 g/mol. The van der Waals surface area contributed by atoms with Crippen molar-refractivity contribution in [3.63, 3.8) is 0 Å². The van der Waals surface area contributed by atoms with Crippen LogP contribution in [-0.2, 0) is 14.3 Å². The Hall–Kier alpha value is -1.07. The van der Waals surface area contributed by atoms with Crippen molar-refractivity contribution in [1.29, 1.82) is 0 Å². The minimum Gasteiger partial charge on any atom is -0.455 e. The highest BCUT2D eigenvalue weighted by molar-refractivity contribution is 9.10. The molecular formula is C19H21BrClNO3. The van der Waals surface area contributed by atoms with Crippen molar-refractivity contribution in [1.82, 2.24) is 0 Å². The fourth-order valence-electron chi connectivity index (χ4n) is 5.40. The maximum atomic E-state index is 12.8. The lowest BCUT2D eigenvalue weighted by Gasteiger charge is -2.58. The molecule has 0 aliphatic heterocycles. The summed E-state index contributed by atoms with van der Waals surface area (Å²) in [7, 11) is 0. The van der Waals surface area contributed by atoms with Crippen LogP contribution < -0.4 is 5.32 Å². The Morgan fingerprint density at radius 2 is 1.80 bits per heavy atom. The molecule has 0 heterocycles. The summed E-state index contributed by atoms with van der Waals surface area (Å²) in [5.74, 6) is 0.504. The second-order valence-electron chi connectivity index (χ2n) is 8.02. The van der Waals surface area contributed by atoms with Crippen LogP contribution in [-0.4, -0.2) is 23.4 Å². The molecule has 4 atom stereocenters. The van der Waals surface area contributed by atoms with Crippen LogP contribution in [0, 0.1) is 17.3 Å². The molecule has 0 saturated heterocycles. The summed E-state index contributed by atoms with van der Waals surface area (Å²) in [6.45, 7) is -0.249. The van der Waals surface area contributed by atoms with E-state index in [1.54, 1.807) is 12.1 Å². The normalized spacial score (nSPS) is 35.4. The Bertz CT molecular complexity index is 691. The molecule has 1 amide bonds. The summed E-state index contributed by atoms with van der Waals surface area (Å²) in [5, 5.41) is 2.74. The van der Waals surface area contributed by atoms with E-state index in [4.69, 9.17) is 16.3 Å². The van der Waals surface area contributed by atoms with E-state index in [9.17, 15) is 9.59 Å². The number of rotatable bonds is 4. The highest BCUT2D eigenvalue weighted by Crippen LogP contribution is 2.64. The molecule has 0 radical (unpaired) electrons. The van der Waals surface area contributed by atoms with E-state index in [1.165, 1.54) is 6.42 Å². The third kappa shape index (κ3) is 3.45. The average Bonchev–Trinajstić information content (AvgIpc) is 2.52. The first-order valence-corrected chi connectivity index (χ1v) is 9.95. The van der Waals surface area contributed by atoms with Gasteiger partial charge in [-0.3, -0.25) is 9.59 Å². The van der Waals surface area contributed by atoms with E-state index < -0.39 is 5.41 Å². The Kier molecular flexibility index (Phi) is 4.35. The first kappa shape index (κ1) is 17.3. The lowest BCUT2D eigenvalue weighted by atomic mass is 9.49. The van der Waals surface area contributed by atoms with Crippen LogP contribution in [0.4, 0.5) is 5.69 Å². The number of carbonyl (C=O) groups is 2. The molecule has 6 heteroatoms. The smallest absolute Gasteiger partial charge is 0.312 e. The fourth-order valence-corrected chi connectivity index (χ4v) is 6.36. The maximum absolute atomic E-state index is 12.8. The van der Waals surface area contributed by atoms with Crippen molar-refractivity contribution in [2.24, 2.45) is 17.3 Å². The number of hydrogen-bond donors (Lipinski definition) is 1. The number of anilines is 1. The number of hydrogen-bond acceptors (Lipinski definition) is 3. The van der Waals surface area contributed by atoms with Gasteiger partial charge in [-0.2, -0.15) is 0 Å². The van der Waals surface area contributed by atoms with Gasteiger partial charge in [-0.15, -0.1) is 11.6 Å². The van der Waals surface area contributed by atoms with Crippen molar-refractivity contribution in [2.45, 2.75) is 43.4 Å². The first-order chi connectivity index (χ1) is 11.9. The van der Waals surface area contributed by atoms with Crippen LogP contribution in [0.15, 0.2) is 28.7 Å². The number of benzene rings is 1. The summed E-state index contributed by atoms with van der Waals surface area (Å²) in [6, 6.07) is 7.27. The Balaban J connectivity index is 1.36. The average molecular weight is 427 g/mol. The third-order valence-corrected chi connectivity index (χ3v) is 6.86. The van der Waals surface area contributed by atoms with Gasteiger partial charge in [-0.25, -0.2) is 0 Å². The van der Waals surface area contributed by atoms with Gasteiger partial charge >= 0.3 is 5.97 Å². The van der Waals surface area contributed by atoms with Crippen LogP contribution in [0.25, 0.3) is 0 Å². The SMILES string of the molecule is O=C(COC(=O)C12C[C@@H]3C[C@@H](CC(Cl)(C3)C1)C2)Nc1ccc(Br)cc1. The Labute approximate surface area is 160 Å². The number of esters is 1. The summed E-state index contributed by atoms with van der Waals surface area (Å²) in [5.41, 5.74) is 0.211. The van der Waals surface area contributed by atoms with Gasteiger partial charge in [0, 0.05) is 15.0 Å². The highest BCUT2D eigenvalue weighted by Gasteiger charge is 2.60. The van der Waals surface area contributed by atoms with Gasteiger partial charge in [0.25, 0.3) is 5.91 Å². The lowest BCUT2D eigenvalue weighted by Crippen LogP contribution is -2.56. The minimum atomic E-state index is -0.469. The molecular weight excluding hydrogens is 406 g/mol. The molecule has 4 fully saturated rings. The molecule has 134 valence electrons. The molecule has 4 nitrogen and oxygen atoms in total.